The molecule has 0 aromatic carbocycles. The number of likely N-dealkylation sites (tertiary alicyclic amines) is 1. The van der Waals surface area contributed by atoms with Crippen molar-refractivity contribution in [1.29, 1.82) is 0 Å². The number of carboxylic acids is 1. The number of pyridine rings is 1. The fourth-order valence-electron chi connectivity index (χ4n) is 3.83. The van der Waals surface area contributed by atoms with E-state index in [9.17, 15) is 17.6 Å². The third-order valence-corrected chi connectivity index (χ3v) is 5.24. The fourth-order valence-corrected chi connectivity index (χ4v) is 3.83. The van der Waals surface area contributed by atoms with Crippen LogP contribution in [0.2, 0.25) is 0 Å². The normalized spacial score (nSPS) is 21.5. The summed E-state index contributed by atoms with van der Waals surface area (Å²) >= 11 is 0. The molecule has 2 fully saturated rings. The molecule has 162 valence electrons. The fraction of sp³-hybridized carbons (Fsp3) is 0.474. The molecule has 2 aromatic heterocycles. The largest absolute Gasteiger partial charge is 0.490 e. The van der Waals surface area contributed by atoms with Crippen LogP contribution in [0, 0.1) is 17.7 Å². The van der Waals surface area contributed by atoms with Crippen molar-refractivity contribution < 1.29 is 27.5 Å². The summed E-state index contributed by atoms with van der Waals surface area (Å²) in [5, 5.41) is 7.12. The Balaban J connectivity index is 0.000000318. The van der Waals surface area contributed by atoms with Gasteiger partial charge in [0.25, 0.3) is 0 Å². The van der Waals surface area contributed by atoms with Crippen LogP contribution in [0.3, 0.4) is 0 Å². The molecule has 2 atom stereocenters. The summed E-state index contributed by atoms with van der Waals surface area (Å²) < 4.78 is 45.5. The lowest BCUT2D eigenvalue weighted by Crippen LogP contribution is -2.40. The molecule has 0 spiro atoms. The molecule has 0 amide bonds. The highest BCUT2D eigenvalue weighted by molar-refractivity contribution is 5.73. The number of nitrogens with zero attached hydrogens (tertiary/aromatic N) is 5. The average Bonchev–Trinajstić information content (AvgIpc) is 3.12. The molecule has 7 nitrogen and oxygen atoms in total. The van der Waals surface area contributed by atoms with Crippen LogP contribution >= 0.6 is 0 Å². The SMILES string of the molecule is Fc1cnccc1CN1C[C@H]2CCN(c3cnccn3)C[C@H]2C1.O=C(O)C(F)(F)F. The van der Waals surface area contributed by atoms with Crippen LogP contribution < -0.4 is 4.90 Å². The highest BCUT2D eigenvalue weighted by Gasteiger charge is 2.38. The molecule has 0 saturated carbocycles. The first-order valence-corrected chi connectivity index (χ1v) is 9.36. The molecule has 4 heterocycles. The molecule has 0 bridgehead atoms. The number of carbonyl (C=O) groups is 1. The number of carboxylic acid groups (broad SMARTS) is 1. The number of aromatic nitrogens is 3. The Morgan fingerprint density at radius 2 is 1.80 bits per heavy atom. The number of hydrogen-bond donors (Lipinski definition) is 1. The molecule has 0 aliphatic carbocycles. The molecule has 2 aromatic rings. The standard InChI is InChI=1S/C17H20FN5.C2HF3O2/c18-16-7-19-3-1-14(16)10-22-9-13-2-6-23(12-15(13)11-22)17-8-20-4-5-21-17;3-2(4,5)1(6)7/h1,3-5,7-8,13,15H,2,6,9-12H2;(H,6,7)/t13-,15-;/m1./s1. The van der Waals surface area contributed by atoms with Gasteiger partial charge in [-0.15, -0.1) is 0 Å². The number of fused-ring (bicyclic) bond motifs is 1. The minimum atomic E-state index is -5.08. The van der Waals surface area contributed by atoms with Gasteiger partial charge in [0.2, 0.25) is 0 Å². The van der Waals surface area contributed by atoms with Gasteiger partial charge in [0.05, 0.1) is 12.4 Å². The van der Waals surface area contributed by atoms with Crippen molar-refractivity contribution in [3.63, 3.8) is 0 Å². The van der Waals surface area contributed by atoms with E-state index in [1.54, 1.807) is 24.7 Å². The van der Waals surface area contributed by atoms with Crippen molar-refractivity contribution >= 4 is 11.8 Å². The quantitative estimate of drug-likeness (QED) is 0.754. The second kappa shape index (κ2) is 9.33. The Kier molecular flexibility index (Phi) is 6.80. The highest BCUT2D eigenvalue weighted by atomic mass is 19.4. The van der Waals surface area contributed by atoms with Crippen LogP contribution in [0.1, 0.15) is 12.0 Å². The molecule has 0 radical (unpaired) electrons. The summed E-state index contributed by atoms with van der Waals surface area (Å²) in [4.78, 5) is 26.0. The Morgan fingerprint density at radius 3 is 2.43 bits per heavy atom. The van der Waals surface area contributed by atoms with Crippen molar-refractivity contribution in [3.05, 3.63) is 48.4 Å². The second-order valence-electron chi connectivity index (χ2n) is 7.28. The number of halogens is 4. The van der Waals surface area contributed by atoms with E-state index in [-0.39, 0.29) is 5.82 Å². The number of anilines is 1. The summed E-state index contributed by atoms with van der Waals surface area (Å²) in [7, 11) is 0. The Hall–Kier alpha value is -2.82. The Bertz CT molecular complexity index is 852. The summed E-state index contributed by atoms with van der Waals surface area (Å²) in [5.74, 6) is -0.677. The molecule has 11 heteroatoms. The second-order valence-corrected chi connectivity index (χ2v) is 7.28. The first-order chi connectivity index (χ1) is 14.2. The van der Waals surface area contributed by atoms with E-state index in [0.717, 1.165) is 44.0 Å². The van der Waals surface area contributed by atoms with Crippen molar-refractivity contribution in [2.75, 3.05) is 31.1 Å². The minimum Gasteiger partial charge on any atom is -0.475 e. The number of aliphatic carboxylic acids is 1. The Labute approximate surface area is 170 Å². The summed E-state index contributed by atoms with van der Waals surface area (Å²) in [5.41, 5.74) is 0.740. The zero-order valence-corrected chi connectivity index (χ0v) is 16.0. The zero-order chi connectivity index (χ0) is 21.7. The zero-order valence-electron chi connectivity index (χ0n) is 16.0. The first-order valence-electron chi connectivity index (χ1n) is 9.36. The number of piperidine rings is 1. The van der Waals surface area contributed by atoms with Gasteiger partial charge in [0, 0.05) is 56.9 Å². The summed E-state index contributed by atoms with van der Waals surface area (Å²) in [6, 6.07) is 1.78. The van der Waals surface area contributed by atoms with Crippen LogP contribution in [0.15, 0.2) is 37.1 Å². The van der Waals surface area contributed by atoms with Crippen LogP contribution in [0.5, 0.6) is 0 Å². The Morgan fingerprint density at radius 1 is 1.10 bits per heavy atom. The monoisotopic (exact) mass is 427 g/mol. The topological polar surface area (TPSA) is 82.5 Å². The van der Waals surface area contributed by atoms with Gasteiger partial charge in [-0.1, -0.05) is 0 Å². The predicted octanol–water partition coefficient (Wildman–Crippen LogP) is 2.60. The molecular weight excluding hydrogens is 406 g/mol. The van der Waals surface area contributed by atoms with Crippen molar-refractivity contribution in [3.8, 4) is 0 Å². The smallest absolute Gasteiger partial charge is 0.475 e. The van der Waals surface area contributed by atoms with Gasteiger partial charge < -0.3 is 10.0 Å². The van der Waals surface area contributed by atoms with Gasteiger partial charge in [0.1, 0.15) is 11.6 Å². The number of alkyl halides is 3. The van der Waals surface area contributed by atoms with E-state index in [1.807, 2.05) is 6.20 Å². The van der Waals surface area contributed by atoms with E-state index >= 15 is 0 Å². The minimum absolute atomic E-state index is 0.205. The highest BCUT2D eigenvalue weighted by Crippen LogP contribution is 2.33. The van der Waals surface area contributed by atoms with E-state index in [0.29, 0.717) is 18.4 Å². The number of hydrogen-bond acceptors (Lipinski definition) is 6. The van der Waals surface area contributed by atoms with Gasteiger partial charge in [0.15, 0.2) is 0 Å². The maximum absolute atomic E-state index is 13.8. The van der Waals surface area contributed by atoms with Gasteiger partial charge in [-0.3, -0.25) is 14.9 Å². The van der Waals surface area contributed by atoms with Gasteiger partial charge in [-0.25, -0.2) is 14.2 Å². The summed E-state index contributed by atoms with van der Waals surface area (Å²) in [6.07, 6.45) is 4.33. The molecule has 30 heavy (non-hydrogen) atoms. The predicted molar refractivity (Wildman–Crippen MR) is 99.0 cm³/mol. The van der Waals surface area contributed by atoms with E-state index in [4.69, 9.17) is 9.90 Å². The maximum Gasteiger partial charge on any atom is 0.490 e. The molecular formula is C19H21F4N5O2. The molecule has 1 N–H and O–H groups in total. The average molecular weight is 427 g/mol. The van der Waals surface area contributed by atoms with Crippen molar-refractivity contribution in [2.24, 2.45) is 11.8 Å². The van der Waals surface area contributed by atoms with Crippen molar-refractivity contribution in [1.82, 2.24) is 19.9 Å². The van der Waals surface area contributed by atoms with Crippen LogP contribution in [0.4, 0.5) is 23.4 Å². The van der Waals surface area contributed by atoms with Crippen LogP contribution in [-0.4, -0.2) is 63.3 Å². The number of rotatable bonds is 3. The third kappa shape index (κ3) is 5.62. The van der Waals surface area contributed by atoms with E-state index in [1.165, 1.54) is 6.20 Å². The van der Waals surface area contributed by atoms with Gasteiger partial charge in [-0.05, 0) is 24.3 Å². The lowest BCUT2D eigenvalue weighted by molar-refractivity contribution is -0.192. The lowest BCUT2D eigenvalue weighted by Gasteiger charge is -2.34. The van der Waals surface area contributed by atoms with Crippen molar-refractivity contribution in [2.45, 2.75) is 19.1 Å². The molecule has 2 saturated heterocycles. The van der Waals surface area contributed by atoms with Gasteiger partial charge >= 0.3 is 12.1 Å². The third-order valence-electron chi connectivity index (χ3n) is 5.24. The van der Waals surface area contributed by atoms with E-state index < -0.39 is 12.1 Å². The molecule has 0 unspecified atom stereocenters. The molecule has 4 rings (SSSR count). The van der Waals surface area contributed by atoms with Gasteiger partial charge in [-0.2, -0.15) is 13.2 Å². The van der Waals surface area contributed by atoms with E-state index in [2.05, 4.69) is 24.8 Å². The van der Waals surface area contributed by atoms with Crippen LogP contribution in [0.25, 0.3) is 0 Å². The maximum atomic E-state index is 13.8. The molecule has 2 aliphatic rings. The first kappa shape index (κ1) is 21.9. The molecule has 2 aliphatic heterocycles. The summed E-state index contributed by atoms with van der Waals surface area (Å²) in [6.45, 7) is 4.78. The van der Waals surface area contributed by atoms with Crippen LogP contribution in [-0.2, 0) is 11.3 Å². The lowest BCUT2D eigenvalue weighted by atomic mass is 9.89.